The minimum absolute atomic E-state index is 0.794. The zero-order valence-corrected chi connectivity index (χ0v) is 29.9. The van der Waals surface area contributed by atoms with Crippen molar-refractivity contribution in [3.63, 3.8) is 0 Å². The molecule has 258 valence electrons. The highest BCUT2D eigenvalue weighted by Crippen LogP contribution is 2.48. The number of hydrogen-bond acceptors (Lipinski definition) is 2. The Morgan fingerprint density at radius 1 is 0.436 bits per heavy atom. The van der Waals surface area contributed by atoms with Crippen LogP contribution in [0.4, 0.5) is 17.1 Å². The lowest BCUT2D eigenvalue weighted by molar-refractivity contribution is 0.494. The standard InChI is InChI=1S/C52H34N2O/c1-3-18-40(19-4-1)53(41-20-5-2-6-21-41)42-22-13-17-37(32-42)35-26-29-43(30-27-35)55-52-45-24-11-8-16-39(45)34-49-50(52)47-33-38-15-7-10-23-44(38)46-31-28-36-14-9-12-25-48(36)54(49)51(46)47/h1-34H. The number of rotatable bonds is 6. The van der Waals surface area contributed by atoms with Gasteiger partial charge in [0.1, 0.15) is 11.5 Å². The number of hydrogen-bond donors (Lipinski definition) is 0. The van der Waals surface area contributed by atoms with Crippen LogP contribution in [0.25, 0.3) is 72.3 Å². The molecule has 2 heterocycles. The van der Waals surface area contributed by atoms with Crippen molar-refractivity contribution in [2.45, 2.75) is 0 Å². The first-order valence-corrected chi connectivity index (χ1v) is 18.8. The molecule has 0 bridgehead atoms. The van der Waals surface area contributed by atoms with Crippen molar-refractivity contribution in [3.05, 3.63) is 205 Å². The summed E-state index contributed by atoms with van der Waals surface area (Å²) in [5.74, 6) is 1.67. The van der Waals surface area contributed by atoms with Crippen LogP contribution in [0.2, 0.25) is 0 Å². The largest absolute Gasteiger partial charge is 0.456 e. The van der Waals surface area contributed by atoms with E-state index in [1.54, 1.807) is 0 Å². The number of para-hydroxylation sites is 3. The fourth-order valence-corrected chi connectivity index (χ4v) is 8.44. The van der Waals surface area contributed by atoms with Gasteiger partial charge in [-0.15, -0.1) is 0 Å². The Kier molecular flexibility index (Phi) is 7.17. The Bertz CT molecular complexity index is 3070. The van der Waals surface area contributed by atoms with Crippen LogP contribution in [-0.4, -0.2) is 4.57 Å². The van der Waals surface area contributed by atoms with Crippen LogP contribution in [0.1, 0.15) is 11.1 Å². The van der Waals surface area contributed by atoms with Gasteiger partial charge in [-0.2, -0.15) is 0 Å². The van der Waals surface area contributed by atoms with Crippen LogP contribution in [-0.2, 0) is 0 Å². The van der Waals surface area contributed by atoms with E-state index in [2.05, 4.69) is 216 Å². The van der Waals surface area contributed by atoms with E-state index < -0.39 is 0 Å². The van der Waals surface area contributed by atoms with Crippen molar-refractivity contribution >= 4 is 72.6 Å². The first kappa shape index (κ1) is 31.2. The summed E-state index contributed by atoms with van der Waals surface area (Å²) in [6, 6.07) is 69.0. The zero-order chi connectivity index (χ0) is 36.3. The number of fused-ring (bicyclic) bond motifs is 8. The molecule has 1 aliphatic heterocycles. The van der Waals surface area contributed by atoms with Crippen LogP contribution in [0.3, 0.4) is 0 Å². The lowest BCUT2D eigenvalue weighted by Crippen LogP contribution is -2.09. The van der Waals surface area contributed by atoms with Gasteiger partial charge in [-0.05, 0) is 99.6 Å². The lowest BCUT2D eigenvalue weighted by Gasteiger charge is -2.25. The quantitative estimate of drug-likeness (QED) is 0.172. The van der Waals surface area contributed by atoms with Crippen molar-refractivity contribution < 1.29 is 4.74 Å². The average molecular weight is 703 g/mol. The number of nitrogens with zero attached hydrogens (tertiary/aromatic N) is 2. The molecular weight excluding hydrogens is 669 g/mol. The van der Waals surface area contributed by atoms with Gasteiger partial charge in [-0.25, -0.2) is 0 Å². The van der Waals surface area contributed by atoms with Gasteiger partial charge in [0, 0.05) is 33.4 Å². The molecule has 0 amide bonds. The number of ether oxygens (including phenoxy) is 1. The molecule has 10 aromatic rings. The van der Waals surface area contributed by atoms with Gasteiger partial charge in [0.2, 0.25) is 0 Å². The summed E-state index contributed by atoms with van der Waals surface area (Å²) in [6.07, 6.45) is 4.55. The second kappa shape index (κ2) is 12.6. The Balaban J connectivity index is 1.06. The van der Waals surface area contributed by atoms with Crippen LogP contribution in [0.5, 0.6) is 11.5 Å². The maximum Gasteiger partial charge on any atom is 0.145 e. The van der Waals surface area contributed by atoms with Crippen molar-refractivity contribution in [1.29, 1.82) is 0 Å². The topological polar surface area (TPSA) is 17.4 Å². The van der Waals surface area contributed by atoms with E-state index in [1.165, 1.54) is 38.5 Å². The van der Waals surface area contributed by atoms with Crippen LogP contribution in [0, 0.1) is 0 Å². The Morgan fingerprint density at radius 2 is 1.07 bits per heavy atom. The van der Waals surface area contributed by atoms with E-state index in [9.17, 15) is 0 Å². The average Bonchev–Trinajstić information content (AvgIpc) is 3.45. The zero-order valence-electron chi connectivity index (χ0n) is 29.9. The van der Waals surface area contributed by atoms with Crippen molar-refractivity contribution in [2.75, 3.05) is 4.90 Å². The molecule has 1 aromatic heterocycles. The fraction of sp³-hybridized carbons (Fsp3) is 0. The summed E-state index contributed by atoms with van der Waals surface area (Å²) in [7, 11) is 0. The summed E-state index contributed by atoms with van der Waals surface area (Å²) >= 11 is 0. The third kappa shape index (κ3) is 5.13. The molecule has 0 atom stereocenters. The first-order chi connectivity index (χ1) is 27.3. The maximum atomic E-state index is 7.09. The molecule has 0 spiro atoms. The molecular formula is C52H34N2O. The molecule has 0 fully saturated rings. The van der Waals surface area contributed by atoms with Crippen molar-refractivity contribution in [3.8, 4) is 28.3 Å². The van der Waals surface area contributed by atoms with E-state index in [4.69, 9.17) is 4.74 Å². The monoisotopic (exact) mass is 702 g/mol. The molecule has 0 saturated heterocycles. The van der Waals surface area contributed by atoms with Gasteiger partial charge in [-0.1, -0.05) is 140 Å². The number of aromatic nitrogens is 1. The molecule has 11 rings (SSSR count). The molecule has 3 nitrogen and oxygen atoms in total. The molecule has 9 aromatic carbocycles. The highest BCUT2D eigenvalue weighted by molar-refractivity contribution is 6.24. The third-order valence-corrected chi connectivity index (χ3v) is 10.9. The van der Waals surface area contributed by atoms with Gasteiger partial charge < -0.3 is 14.2 Å². The minimum atomic E-state index is 0.794. The molecule has 0 unspecified atom stereocenters. The summed E-state index contributed by atoms with van der Waals surface area (Å²) < 4.78 is 9.54. The molecule has 0 saturated carbocycles. The van der Waals surface area contributed by atoms with Crippen LogP contribution in [0.15, 0.2) is 194 Å². The smallest absolute Gasteiger partial charge is 0.145 e. The van der Waals surface area contributed by atoms with Gasteiger partial charge in [0.05, 0.1) is 22.1 Å². The fourth-order valence-electron chi connectivity index (χ4n) is 8.44. The SMILES string of the molecule is C1=Cc2c3ccccc3cc3c4c(Oc5ccc(-c6cccc(N(c7ccccc7)c7ccccc7)c6)cc5)c5ccccc5cc4n(c23)-c2ccccc21. The summed E-state index contributed by atoms with van der Waals surface area (Å²) in [5.41, 5.74) is 11.5. The minimum Gasteiger partial charge on any atom is -0.456 e. The summed E-state index contributed by atoms with van der Waals surface area (Å²) in [4.78, 5) is 2.30. The van der Waals surface area contributed by atoms with Crippen LogP contribution >= 0.6 is 0 Å². The Hall–Kier alpha value is -7.36. The first-order valence-electron chi connectivity index (χ1n) is 18.8. The molecule has 3 heteroatoms. The number of anilines is 3. The van der Waals surface area contributed by atoms with Gasteiger partial charge in [-0.3, -0.25) is 0 Å². The summed E-state index contributed by atoms with van der Waals surface area (Å²) in [6.45, 7) is 0. The Labute approximate surface area is 319 Å². The molecule has 0 aliphatic carbocycles. The second-order valence-corrected chi connectivity index (χ2v) is 14.1. The highest BCUT2D eigenvalue weighted by Gasteiger charge is 2.24. The third-order valence-electron chi connectivity index (χ3n) is 10.9. The molecule has 0 radical (unpaired) electrons. The van der Waals surface area contributed by atoms with Gasteiger partial charge in [0.25, 0.3) is 0 Å². The van der Waals surface area contributed by atoms with Crippen molar-refractivity contribution in [2.24, 2.45) is 0 Å². The maximum absolute atomic E-state index is 7.09. The van der Waals surface area contributed by atoms with E-state index in [1.807, 2.05) is 0 Å². The predicted octanol–water partition coefficient (Wildman–Crippen LogP) is 14.5. The van der Waals surface area contributed by atoms with E-state index in [-0.39, 0.29) is 0 Å². The highest BCUT2D eigenvalue weighted by atomic mass is 16.5. The molecule has 0 N–H and O–H groups in total. The van der Waals surface area contributed by atoms with E-state index in [0.29, 0.717) is 0 Å². The lowest BCUT2D eigenvalue weighted by atomic mass is 9.98. The molecule has 1 aliphatic rings. The van der Waals surface area contributed by atoms with Gasteiger partial charge in [0.15, 0.2) is 0 Å². The predicted molar refractivity (Wildman–Crippen MR) is 231 cm³/mol. The van der Waals surface area contributed by atoms with Crippen LogP contribution < -0.4 is 9.64 Å². The van der Waals surface area contributed by atoms with E-state index in [0.717, 1.165) is 61.4 Å². The number of benzene rings is 9. The van der Waals surface area contributed by atoms with Gasteiger partial charge >= 0.3 is 0 Å². The van der Waals surface area contributed by atoms with Crippen molar-refractivity contribution in [1.82, 2.24) is 4.57 Å². The normalized spacial score (nSPS) is 11.9. The summed E-state index contributed by atoms with van der Waals surface area (Å²) in [5, 5.41) is 6.97. The molecule has 55 heavy (non-hydrogen) atoms. The second-order valence-electron chi connectivity index (χ2n) is 14.1. The van der Waals surface area contributed by atoms with E-state index >= 15 is 0 Å². The Morgan fingerprint density at radius 3 is 1.84 bits per heavy atom.